The lowest BCUT2D eigenvalue weighted by molar-refractivity contribution is 0.129. The zero-order valence-electron chi connectivity index (χ0n) is 17.2. The highest BCUT2D eigenvalue weighted by Gasteiger charge is 2.21. The van der Waals surface area contributed by atoms with Gasteiger partial charge in [-0.3, -0.25) is 4.99 Å². The van der Waals surface area contributed by atoms with Crippen molar-refractivity contribution in [3.8, 4) is 5.75 Å². The first-order valence-electron chi connectivity index (χ1n) is 9.71. The van der Waals surface area contributed by atoms with Crippen molar-refractivity contribution in [2.24, 2.45) is 4.99 Å². The van der Waals surface area contributed by atoms with Crippen LogP contribution in [0.3, 0.4) is 0 Å². The normalized spacial score (nSPS) is 15.5. The van der Waals surface area contributed by atoms with E-state index in [4.69, 9.17) is 4.74 Å². The number of nitrogens with one attached hydrogen (secondary N) is 1. The molecule has 7 heteroatoms. The Morgan fingerprint density at radius 2 is 1.75 bits per heavy atom. The van der Waals surface area contributed by atoms with Crippen LogP contribution >= 0.6 is 0 Å². The van der Waals surface area contributed by atoms with Crippen LogP contribution in [-0.2, 0) is 6.54 Å². The number of rotatable bonds is 4. The van der Waals surface area contributed by atoms with Crippen LogP contribution in [0.15, 0.2) is 47.7 Å². The molecule has 1 saturated heterocycles. The lowest BCUT2D eigenvalue weighted by Gasteiger charge is -2.36. The molecule has 1 fully saturated rings. The average molecular weight is 383 g/mol. The molecule has 28 heavy (non-hydrogen) atoms. The summed E-state index contributed by atoms with van der Waals surface area (Å²) >= 11 is 0. The summed E-state index contributed by atoms with van der Waals surface area (Å²) in [6.45, 7) is 10.3. The van der Waals surface area contributed by atoms with Gasteiger partial charge in [0, 0.05) is 57.7 Å². The van der Waals surface area contributed by atoms with Crippen LogP contribution in [-0.4, -0.2) is 59.7 Å². The fourth-order valence-electron chi connectivity index (χ4n) is 3.16. The van der Waals surface area contributed by atoms with E-state index in [1.165, 1.54) is 0 Å². The summed E-state index contributed by atoms with van der Waals surface area (Å²) in [7, 11) is 1.83. The predicted molar refractivity (Wildman–Crippen MR) is 113 cm³/mol. The average Bonchev–Trinajstić information content (AvgIpc) is 2.70. The molecule has 0 bridgehead atoms. The van der Waals surface area contributed by atoms with Crippen LogP contribution in [0.4, 0.5) is 5.95 Å². The summed E-state index contributed by atoms with van der Waals surface area (Å²) in [6.07, 6.45) is 3.57. The molecule has 1 aliphatic rings. The van der Waals surface area contributed by atoms with Crippen molar-refractivity contribution in [2.75, 3.05) is 38.1 Å². The zero-order chi connectivity index (χ0) is 20.0. The van der Waals surface area contributed by atoms with Crippen molar-refractivity contribution in [3.63, 3.8) is 0 Å². The predicted octanol–water partition coefficient (Wildman–Crippen LogP) is 2.55. The van der Waals surface area contributed by atoms with Crippen molar-refractivity contribution < 1.29 is 4.74 Å². The molecule has 0 unspecified atom stereocenters. The molecule has 150 valence electrons. The van der Waals surface area contributed by atoms with Crippen molar-refractivity contribution in [1.82, 2.24) is 20.2 Å². The minimum atomic E-state index is -0.229. The van der Waals surface area contributed by atoms with Crippen molar-refractivity contribution in [3.05, 3.63) is 48.3 Å². The van der Waals surface area contributed by atoms with E-state index in [9.17, 15) is 0 Å². The van der Waals surface area contributed by atoms with Gasteiger partial charge in [-0.25, -0.2) is 9.97 Å². The molecule has 2 heterocycles. The molecule has 1 aromatic heterocycles. The Hall–Kier alpha value is -2.83. The lowest BCUT2D eigenvalue weighted by Crippen LogP contribution is -2.52. The molecule has 1 aromatic carbocycles. The van der Waals surface area contributed by atoms with Gasteiger partial charge in [0.2, 0.25) is 5.95 Å². The van der Waals surface area contributed by atoms with Crippen LogP contribution in [0.25, 0.3) is 0 Å². The molecule has 0 radical (unpaired) electrons. The van der Waals surface area contributed by atoms with Gasteiger partial charge < -0.3 is 19.9 Å². The smallest absolute Gasteiger partial charge is 0.225 e. The minimum absolute atomic E-state index is 0.229. The maximum atomic E-state index is 6.09. The van der Waals surface area contributed by atoms with Crippen LogP contribution in [0.1, 0.15) is 26.3 Å². The topological polar surface area (TPSA) is 65.9 Å². The van der Waals surface area contributed by atoms with E-state index in [0.717, 1.165) is 49.4 Å². The minimum Gasteiger partial charge on any atom is -0.488 e. The number of piperazine rings is 1. The van der Waals surface area contributed by atoms with Crippen LogP contribution in [0.2, 0.25) is 0 Å². The number of aliphatic imine (C=N–C) groups is 1. The molecule has 0 aliphatic carbocycles. The molecule has 3 rings (SSSR count). The van der Waals surface area contributed by atoms with Crippen LogP contribution in [0.5, 0.6) is 5.75 Å². The largest absolute Gasteiger partial charge is 0.488 e. The Labute approximate surface area is 167 Å². The summed E-state index contributed by atoms with van der Waals surface area (Å²) in [5.41, 5.74) is 0.892. The van der Waals surface area contributed by atoms with Gasteiger partial charge in [0.05, 0.1) is 0 Å². The molecule has 1 N–H and O–H groups in total. The summed E-state index contributed by atoms with van der Waals surface area (Å²) in [6, 6.07) is 9.99. The fraction of sp³-hybridized carbons (Fsp3) is 0.476. The second kappa shape index (κ2) is 8.91. The fourth-order valence-corrected chi connectivity index (χ4v) is 3.16. The number of guanidine groups is 1. The van der Waals surface area contributed by atoms with E-state index in [1.54, 1.807) is 12.4 Å². The van der Waals surface area contributed by atoms with Gasteiger partial charge in [-0.2, -0.15) is 0 Å². The third-order valence-corrected chi connectivity index (χ3v) is 4.45. The van der Waals surface area contributed by atoms with Gasteiger partial charge in [0.25, 0.3) is 0 Å². The van der Waals surface area contributed by atoms with E-state index in [0.29, 0.717) is 6.54 Å². The van der Waals surface area contributed by atoms with Gasteiger partial charge >= 0.3 is 0 Å². The number of hydrogen-bond donors (Lipinski definition) is 1. The number of ether oxygens (including phenoxy) is 1. The first-order chi connectivity index (χ1) is 13.5. The third-order valence-electron chi connectivity index (χ3n) is 4.45. The second-order valence-electron chi connectivity index (χ2n) is 7.75. The Morgan fingerprint density at radius 3 is 2.39 bits per heavy atom. The number of para-hydroxylation sites is 1. The molecule has 0 amide bonds. The van der Waals surface area contributed by atoms with Crippen molar-refractivity contribution in [1.29, 1.82) is 0 Å². The Kier molecular flexibility index (Phi) is 6.34. The van der Waals surface area contributed by atoms with Gasteiger partial charge in [-0.05, 0) is 32.9 Å². The molecule has 1 aliphatic heterocycles. The zero-order valence-corrected chi connectivity index (χ0v) is 17.2. The van der Waals surface area contributed by atoms with E-state index in [2.05, 4.69) is 56.9 Å². The summed E-state index contributed by atoms with van der Waals surface area (Å²) in [5.74, 6) is 2.60. The molecular weight excluding hydrogens is 352 g/mol. The van der Waals surface area contributed by atoms with Crippen LogP contribution in [0, 0.1) is 0 Å². The summed E-state index contributed by atoms with van der Waals surface area (Å²) < 4.78 is 6.09. The monoisotopic (exact) mass is 382 g/mol. The first-order valence-corrected chi connectivity index (χ1v) is 9.71. The number of aromatic nitrogens is 2. The van der Waals surface area contributed by atoms with Gasteiger partial charge in [0.15, 0.2) is 5.96 Å². The Balaban J connectivity index is 1.58. The van der Waals surface area contributed by atoms with Crippen LogP contribution < -0.4 is 15.0 Å². The lowest BCUT2D eigenvalue weighted by atomic mass is 10.1. The van der Waals surface area contributed by atoms with Gasteiger partial charge in [-0.1, -0.05) is 18.2 Å². The molecule has 2 aromatic rings. The SMILES string of the molecule is CN=C(NCc1ccccc1OC(C)(C)C)N1CCN(c2ncccn2)CC1. The maximum Gasteiger partial charge on any atom is 0.225 e. The van der Waals surface area contributed by atoms with E-state index in [1.807, 2.05) is 31.3 Å². The highest BCUT2D eigenvalue weighted by Crippen LogP contribution is 2.23. The number of benzene rings is 1. The number of hydrogen-bond acceptors (Lipinski definition) is 5. The highest BCUT2D eigenvalue weighted by atomic mass is 16.5. The van der Waals surface area contributed by atoms with E-state index in [-0.39, 0.29) is 5.60 Å². The third kappa shape index (κ3) is 5.34. The summed E-state index contributed by atoms with van der Waals surface area (Å²) in [4.78, 5) is 17.6. The summed E-state index contributed by atoms with van der Waals surface area (Å²) in [5, 5.41) is 3.48. The number of nitrogens with zero attached hydrogens (tertiary/aromatic N) is 5. The first kappa shape index (κ1) is 19.9. The molecule has 0 atom stereocenters. The Morgan fingerprint density at radius 1 is 1.07 bits per heavy atom. The molecular formula is C21H30N6O. The van der Waals surface area contributed by atoms with E-state index >= 15 is 0 Å². The highest BCUT2D eigenvalue weighted by molar-refractivity contribution is 5.80. The van der Waals surface area contributed by atoms with Crippen molar-refractivity contribution in [2.45, 2.75) is 32.9 Å². The van der Waals surface area contributed by atoms with E-state index < -0.39 is 0 Å². The van der Waals surface area contributed by atoms with Gasteiger partial charge in [-0.15, -0.1) is 0 Å². The Bertz CT molecular complexity index is 779. The quantitative estimate of drug-likeness (QED) is 0.648. The molecule has 0 saturated carbocycles. The molecule has 0 spiro atoms. The maximum absolute atomic E-state index is 6.09. The second-order valence-corrected chi connectivity index (χ2v) is 7.75. The molecule has 7 nitrogen and oxygen atoms in total. The standard InChI is InChI=1S/C21H30N6O/c1-21(2,3)28-18-9-6-5-8-17(18)16-25-19(22-4)26-12-14-27(15-13-26)20-23-10-7-11-24-20/h5-11H,12-16H2,1-4H3,(H,22,25). The van der Waals surface area contributed by atoms with Crippen molar-refractivity contribution >= 4 is 11.9 Å². The number of anilines is 1. The van der Waals surface area contributed by atoms with Gasteiger partial charge in [0.1, 0.15) is 11.4 Å².